The highest BCUT2D eigenvalue weighted by atomic mass is 16.1. The van der Waals surface area contributed by atoms with Crippen molar-refractivity contribution in [3.8, 4) is 0 Å². The van der Waals surface area contributed by atoms with Crippen LogP contribution in [0, 0.1) is 0 Å². The first-order valence-corrected chi connectivity index (χ1v) is 6.79. The van der Waals surface area contributed by atoms with E-state index in [1.54, 1.807) is 13.2 Å². The van der Waals surface area contributed by atoms with Gasteiger partial charge >= 0.3 is 0 Å². The number of rotatable bonds is 7. The first kappa shape index (κ1) is 14.3. The molecule has 1 aromatic carbocycles. The molecular formula is C15H20N4O. The molecule has 5 nitrogen and oxygen atoms in total. The van der Waals surface area contributed by atoms with Crippen LogP contribution < -0.4 is 10.6 Å². The fraction of sp³-hybridized carbons (Fsp3) is 0.333. The highest BCUT2D eigenvalue weighted by Crippen LogP contribution is 2.04. The number of carbonyl (C=O) groups excluding carboxylic acids is 1. The van der Waals surface area contributed by atoms with E-state index in [9.17, 15) is 4.79 Å². The SMILES string of the molecule is CNC(=O)c1ccc(CNCCCc2ncc[nH]2)cc1. The molecule has 1 heterocycles. The fourth-order valence-corrected chi connectivity index (χ4v) is 1.97. The summed E-state index contributed by atoms with van der Waals surface area (Å²) >= 11 is 0. The van der Waals surface area contributed by atoms with E-state index in [-0.39, 0.29) is 5.91 Å². The van der Waals surface area contributed by atoms with Crippen molar-refractivity contribution < 1.29 is 4.79 Å². The Morgan fingerprint density at radius 2 is 2.10 bits per heavy atom. The molecule has 1 aromatic heterocycles. The average Bonchev–Trinajstić information content (AvgIpc) is 3.00. The number of aryl methyl sites for hydroxylation is 1. The van der Waals surface area contributed by atoms with Gasteiger partial charge in [0, 0.05) is 38.0 Å². The number of imidazole rings is 1. The molecule has 0 bridgehead atoms. The zero-order valence-electron chi connectivity index (χ0n) is 11.6. The van der Waals surface area contributed by atoms with Crippen LogP contribution in [0.1, 0.15) is 28.2 Å². The van der Waals surface area contributed by atoms with E-state index in [2.05, 4.69) is 20.6 Å². The van der Waals surface area contributed by atoms with Crippen LogP contribution in [0.2, 0.25) is 0 Å². The first-order valence-electron chi connectivity index (χ1n) is 6.79. The summed E-state index contributed by atoms with van der Waals surface area (Å²) in [5.41, 5.74) is 1.87. The molecule has 5 heteroatoms. The van der Waals surface area contributed by atoms with E-state index in [0.29, 0.717) is 5.56 Å². The van der Waals surface area contributed by atoms with E-state index >= 15 is 0 Å². The molecule has 0 aliphatic heterocycles. The zero-order chi connectivity index (χ0) is 14.2. The molecule has 0 radical (unpaired) electrons. The maximum absolute atomic E-state index is 11.4. The van der Waals surface area contributed by atoms with Gasteiger partial charge in [-0.25, -0.2) is 4.98 Å². The quantitative estimate of drug-likeness (QED) is 0.669. The minimum Gasteiger partial charge on any atom is -0.355 e. The van der Waals surface area contributed by atoms with Gasteiger partial charge in [-0.2, -0.15) is 0 Å². The van der Waals surface area contributed by atoms with E-state index in [1.807, 2.05) is 30.5 Å². The monoisotopic (exact) mass is 272 g/mol. The minimum absolute atomic E-state index is 0.0528. The van der Waals surface area contributed by atoms with E-state index < -0.39 is 0 Å². The third-order valence-corrected chi connectivity index (χ3v) is 3.09. The molecule has 2 rings (SSSR count). The third kappa shape index (κ3) is 4.20. The highest BCUT2D eigenvalue weighted by molar-refractivity contribution is 5.93. The summed E-state index contributed by atoms with van der Waals surface area (Å²) in [6.45, 7) is 1.75. The normalized spacial score (nSPS) is 10.4. The Balaban J connectivity index is 1.67. The molecule has 0 saturated heterocycles. The number of nitrogens with zero attached hydrogens (tertiary/aromatic N) is 1. The highest BCUT2D eigenvalue weighted by Gasteiger charge is 2.02. The van der Waals surface area contributed by atoms with Crippen LogP contribution in [0.4, 0.5) is 0 Å². The van der Waals surface area contributed by atoms with Gasteiger partial charge in [-0.05, 0) is 30.7 Å². The summed E-state index contributed by atoms with van der Waals surface area (Å²) in [7, 11) is 1.64. The minimum atomic E-state index is -0.0528. The van der Waals surface area contributed by atoms with E-state index in [0.717, 1.165) is 31.8 Å². The second-order valence-electron chi connectivity index (χ2n) is 4.59. The van der Waals surface area contributed by atoms with Crippen molar-refractivity contribution in [2.75, 3.05) is 13.6 Å². The van der Waals surface area contributed by atoms with Crippen LogP contribution in [0.25, 0.3) is 0 Å². The summed E-state index contributed by atoms with van der Waals surface area (Å²) in [5.74, 6) is 0.977. The number of carbonyl (C=O) groups is 1. The van der Waals surface area contributed by atoms with Gasteiger partial charge in [0.05, 0.1) is 0 Å². The average molecular weight is 272 g/mol. The molecule has 0 saturated carbocycles. The number of benzene rings is 1. The lowest BCUT2D eigenvalue weighted by Crippen LogP contribution is -2.18. The van der Waals surface area contributed by atoms with E-state index in [4.69, 9.17) is 0 Å². The topological polar surface area (TPSA) is 69.8 Å². The summed E-state index contributed by atoms with van der Waals surface area (Å²) < 4.78 is 0. The predicted octanol–water partition coefficient (Wildman–Crippen LogP) is 1.49. The molecule has 3 N–H and O–H groups in total. The van der Waals surface area contributed by atoms with Crippen LogP contribution in [0.5, 0.6) is 0 Å². The Kier molecular flexibility index (Phi) is 5.32. The number of nitrogens with one attached hydrogen (secondary N) is 3. The second kappa shape index (κ2) is 7.45. The second-order valence-corrected chi connectivity index (χ2v) is 4.59. The molecule has 20 heavy (non-hydrogen) atoms. The van der Waals surface area contributed by atoms with Crippen molar-refractivity contribution in [2.45, 2.75) is 19.4 Å². The largest absolute Gasteiger partial charge is 0.355 e. The van der Waals surface area contributed by atoms with Gasteiger partial charge in [0.2, 0.25) is 0 Å². The van der Waals surface area contributed by atoms with Crippen LogP contribution in [0.15, 0.2) is 36.7 Å². The van der Waals surface area contributed by atoms with Gasteiger partial charge < -0.3 is 15.6 Å². The Hall–Kier alpha value is -2.14. The molecule has 106 valence electrons. The Labute approximate surface area is 118 Å². The lowest BCUT2D eigenvalue weighted by atomic mass is 10.1. The van der Waals surface area contributed by atoms with Crippen LogP contribution in [-0.2, 0) is 13.0 Å². The molecule has 2 aromatic rings. The van der Waals surface area contributed by atoms with Crippen molar-refractivity contribution in [1.29, 1.82) is 0 Å². The number of aromatic nitrogens is 2. The standard InChI is InChI=1S/C15H20N4O/c1-16-15(20)13-6-4-12(5-7-13)11-17-8-2-3-14-18-9-10-19-14/h4-7,9-10,17H,2-3,8,11H2,1H3,(H,16,20)(H,18,19). The molecule has 0 unspecified atom stereocenters. The Morgan fingerprint density at radius 1 is 1.30 bits per heavy atom. The summed E-state index contributed by atoms with van der Waals surface area (Å²) in [4.78, 5) is 18.7. The Bertz CT molecular complexity index is 519. The van der Waals surface area contributed by atoms with Crippen molar-refractivity contribution in [2.24, 2.45) is 0 Å². The van der Waals surface area contributed by atoms with Crippen molar-refractivity contribution >= 4 is 5.91 Å². The maximum atomic E-state index is 11.4. The number of hydrogen-bond acceptors (Lipinski definition) is 3. The number of H-pyrrole nitrogens is 1. The molecule has 0 aliphatic carbocycles. The first-order chi connectivity index (χ1) is 9.79. The fourth-order valence-electron chi connectivity index (χ4n) is 1.97. The number of aromatic amines is 1. The summed E-state index contributed by atoms with van der Waals surface area (Å²) in [5, 5.41) is 6.00. The van der Waals surface area contributed by atoms with Crippen molar-refractivity contribution in [3.63, 3.8) is 0 Å². The number of hydrogen-bond donors (Lipinski definition) is 3. The van der Waals surface area contributed by atoms with E-state index in [1.165, 1.54) is 5.56 Å². The predicted molar refractivity (Wildman–Crippen MR) is 78.4 cm³/mol. The lowest BCUT2D eigenvalue weighted by Gasteiger charge is -2.05. The molecule has 0 atom stereocenters. The number of amides is 1. The molecule has 0 spiro atoms. The maximum Gasteiger partial charge on any atom is 0.251 e. The van der Waals surface area contributed by atoms with Gasteiger partial charge in [-0.1, -0.05) is 12.1 Å². The smallest absolute Gasteiger partial charge is 0.251 e. The third-order valence-electron chi connectivity index (χ3n) is 3.09. The van der Waals surface area contributed by atoms with Gasteiger partial charge in [-0.3, -0.25) is 4.79 Å². The molecular weight excluding hydrogens is 252 g/mol. The van der Waals surface area contributed by atoms with Gasteiger partial charge in [0.25, 0.3) is 5.91 Å². The van der Waals surface area contributed by atoms with Gasteiger partial charge in [0.1, 0.15) is 5.82 Å². The molecule has 0 aliphatic rings. The zero-order valence-corrected chi connectivity index (χ0v) is 11.6. The van der Waals surface area contributed by atoms with Gasteiger partial charge in [-0.15, -0.1) is 0 Å². The van der Waals surface area contributed by atoms with Crippen LogP contribution in [0.3, 0.4) is 0 Å². The van der Waals surface area contributed by atoms with Crippen molar-refractivity contribution in [3.05, 3.63) is 53.6 Å². The molecule has 0 fully saturated rings. The summed E-state index contributed by atoms with van der Waals surface area (Å²) in [6, 6.07) is 7.64. The summed E-state index contributed by atoms with van der Waals surface area (Å²) in [6.07, 6.45) is 5.62. The Morgan fingerprint density at radius 3 is 2.75 bits per heavy atom. The lowest BCUT2D eigenvalue weighted by molar-refractivity contribution is 0.0963. The van der Waals surface area contributed by atoms with Crippen LogP contribution >= 0.6 is 0 Å². The van der Waals surface area contributed by atoms with Crippen molar-refractivity contribution in [1.82, 2.24) is 20.6 Å². The van der Waals surface area contributed by atoms with Crippen LogP contribution in [-0.4, -0.2) is 29.5 Å². The molecule has 1 amide bonds. The van der Waals surface area contributed by atoms with Gasteiger partial charge in [0.15, 0.2) is 0 Å².